The molecule has 1 aromatic rings. The molecular weight excluding hydrogens is 290 g/mol. The SMILES string of the molecule is CCC(C)C(C)NC(=O)Nc1cccc(C(=O)N(CC)CC)c1. The van der Waals surface area contributed by atoms with Gasteiger partial charge in [0.1, 0.15) is 0 Å². The predicted octanol–water partition coefficient (Wildman–Crippen LogP) is 3.72. The van der Waals surface area contributed by atoms with Crippen LogP contribution in [-0.4, -0.2) is 36.0 Å². The maximum Gasteiger partial charge on any atom is 0.319 e. The summed E-state index contributed by atoms with van der Waals surface area (Å²) in [6, 6.07) is 6.90. The molecule has 0 aliphatic carbocycles. The molecule has 0 bridgehead atoms. The van der Waals surface area contributed by atoms with Crippen molar-refractivity contribution in [2.24, 2.45) is 5.92 Å². The molecule has 1 rings (SSSR count). The number of benzene rings is 1. The zero-order chi connectivity index (χ0) is 17.4. The Hall–Kier alpha value is -2.04. The number of carbonyl (C=O) groups excluding carboxylic acids is 2. The summed E-state index contributed by atoms with van der Waals surface area (Å²) in [6.07, 6.45) is 1.01. The van der Waals surface area contributed by atoms with E-state index in [4.69, 9.17) is 0 Å². The Bertz CT molecular complexity index is 527. The van der Waals surface area contributed by atoms with Crippen LogP contribution in [0.3, 0.4) is 0 Å². The highest BCUT2D eigenvalue weighted by Crippen LogP contribution is 2.13. The number of urea groups is 1. The second kappa shape index (κ2) is 9.18. The van der Waals surface area contributed by atoms with E-state index in [1.165, 1.54) is 0 Å². The lowest BCUT2D eigenvalue weighted by atomic mass is 10.0. The Morgan fingerprint density at radius 2 is 1.78 bits per heavy atom. The monoisotopic (exact) mass is 319 g/mol. The number of carbonyl (C=O) groups is 2. The van der Waals surface area contributed by atoms with Crippen molar-refractivity contribution in [1.29, 1.82) is 0 Å². The van der Waals surface area contributed by atoms with Gasteiger partial charge in [-0.3, -0.25) is 4.79 Å². The number of nitrogens with zero attached hydrogens (tertiary/aromatic N) is 1. The molecule has 2 atom stereocenters. The fourth-order valence-electron chi connectivity index (χ4n) is 2.29. The molecule has 0 aliphatic rings. The maximum atomic E-state index is 12.3. The van der Waals surface area contributed by atoms with Crippen LogP contribution in [0, 0.1) is 5.92 Å². The van der Waals surface area contributed by atoms with Crippen LogP contribution >= 0.6 is 0 Å². The van der Waals surface area contributed by atoms with Crippen molar-refractivity contribution in [3.8, 4) is 0 Å². The average Bonchev–Trinajstić information content (AvgIpc) is 2.55. The summed E-state index contributed by atoms with van der Waals surface area (Å²) in [7, 11) is 0. The Kier molecular flexibility index (Phi) is 7.59. The molecule has 1 aromatic carbocycles. The standard InChI is InChI=1S/C18H29N3O2/c1-6-13(4)14(5)19-18(23)20-16-11-9-10-15(12-16)17(22)21(7-2)8-3/h9-14H,6-8H2,1-5H3,(H2,19,20,23). The number of hydrogen-bond acceptors (Lipinski definition) is 2. The van der Waals surface area contributed by atoms with Crippen LogP contribution in [0.4, 0.5) is 10.5 Å². The summed E-state index contributed by atoms with van der Waals surface area (Å²) in [5.41, 5.74) is 1.21. The fourth-order valence-corrected chi connectivity index (χ4v) is 2.29. The van der Waals surface area contributed by atoms with Gasteiger partial charge in [-0.05, 0) is 44.9 Å². The van der Waals surface area contributed by atoms with Gasteiger partial charge in [0, 0.05) is 30.4 Å². The van der Waals surface area contributed by atoms with Gasteiger partial charge in [0.05, 0.1) is 0 Å². The van der Waals surface area contributed by atoms with Crippen molar-refractivity contribution in [3.05, 3.63) is 29.8 Å². The highest BCUT2D eigenvalue weighted by Gasteiger charge is 2.15. The quantitative estimate of drug-likeness (QED) is 0.804. The smallest absolute Gasteiger partial charge is 0.319 e. The highest BCUT2D eigenvalue weighted by molar-refractivity contribution is 5.96. The molecule has 0 aliphatic heterocycles. The number of hydrogen-bond donors (Lipinski definition) is 2. The molecule has 3 amide bonds. The summed E-state index contributed by atoms with van der Waals surface area (Å²) in [5.74, 6) is 0.392. The van der Waals surface area contributed by atoms with Gasteiger partial charge < -0.3 is 15.5 Å². The topological polar surface area (TPSA) is 61.4 Å². The third-order valence-corrected chi connectivity index (χ3v) is 4.27. The molecule has 0 radical (unpaired) electrons. The second-order valence-electron chi connectivity index (χ2n) is 5.83. The summed E-state index contributed by atoms with van der Waals surface area (Å²) in [4.78, 5) is 26.2. The third kappa shape index (κ3) is 5.58. The van der Waals surface area contributed by atoms with Crippen molar-refractivity contribution in [3.63, 3.8) is 0 Å². The lowest BCUT2D eigenvalue weighted by molar-refractivity contribution is 0.0773. The van der Waals surface area contributed by atoms with Crippen molar-refractivity contribution in [2.45, 2.75) is 47.1 Å². The fraction of sp³-hybridized carbons (Fsp3) is 0.556. The van der Waals surface area contributed by atoms with E-state index < -0.39 is 0 Å². The molecule has 5 nitrogen and oxygen atoms in total. The zero-order valence-corrected chi connectivity index (χ0v) is 14.8. The molecule has 0 spiro atoms. The minimum Gasteiger partial charge on any atom is -0.339 e. The van der Waals surface area contributed by atoms with Gasteiger partial charge in [-0.1, -0.05) is 26.3 Å². The predicted molar refractivity (Wildman–Crippen MR) is 94.8 cm³/mol. The first-order chi connectivity index (χ1) is 10.9. The molecule has 23 heavy (non-hydrogen) atoms. The van der Waals surface area contributed by atoms with E-state index in [2.05, 4.69) is 24.5 Å². The van der Waals surface area contributed by atoms with Crippen LogP contribution in [0.5, 0.6) is 0 Å². The molecule has 2 unspecified atom stereocenters. The Labute approximate surface area is 139 Å². The van der Waals surface area contributed by atoms with Gasteiger partial charge in [0.25, 0.3) is 5.91 Å². The van der Waals surface area contributed by atoms with E-state index in [9.17, 15) is 9.59 Å². The van der Waals surface area contributed by atoms with Crippen LogP contribution < -0.4 is 10.6 Å². The first kappa shape index (κ1) is 19.0. The lowest BCUT2D eigenvalue weighted by Crippen LogP contribution is -2.39. The molecule has 128 valence electrons. The Balaban J connectivity index is 2.74. The van der Waals surface area contributed by atoms with E-state index in [0.717, 1.165) is 6.42 Å². The van der Waals surface area contributed by atoms with Crippen molar-refractivity contribution < 1.29 is 9.59 Å². The molecule has 0 saturated heterocycles. The molecule has 5 heteroatoms. The Morgan fingerprint density at radius 1 is 1.13 bits per heavy atom. The van der Waals surface area contributed by atoms with Crippen molar-refractivity contribution in [2.75, 3.05) is 18.4 Å². The zero-order valence-electron chi connectivity index (χ0n) is 14.8. The molecule has 0 heterocycles. The lowest BCUT2D eigenvalue weighted by Gasteiger charge is -2.21. The molecule has 0 fully saturated rings. The van der Waals surface area contributed by atoms with Crippen LogP contribution in [0.2, 0.25) is 0 Å². The summed E-state index contributed by atoms with van der Waals surface area (Å²) in [5, 5.41) is 5.73. The normalized spacial score (nSPS) is 13.1. The van der Waals surface area contributed by atoms with E-state index >= 15 is 0 Å². The van der Waals surface area contributed by atoms with E-state index in [-0.39, 0.29) is 18.0 Å². The summed E-state index contributed by atoms with van der Waals surface area (Å²) < 4.78 is 0. The molecular formula is C18H29N3O2. The van der Waals surface area contributed by atoms with E-state index in [1.54, 1.807) is 29.2 Å². The number of anilines is 1. The number of amides is 3. The maximum absolute atomic E-state index is 12.3. The minimum atomic E-state index is -0.245. The molecule has 0 aromatic heterocycles. The van der Waals surface area contributed by atoms with Crippen LogP contribution in [0.1, 0.15) is 51.4 Å². The van der Waals surface area contributed by atoms with E-state index in [1.807, 2.05) is 20.8 Å². The summed E-state index contributed by atoms with van der Waals surface area (Å²) >= 11 is 0. The van der Waals surface area contributed by atoms with Gasteiger partial charge >= 0.3 is 6.03 Å². The summed E-state index contributed by atoms with van der Waals surface area (Å²) in [6.45, 7) is 11.4. The van der Waals surface area contributed by atoms with Crippen LogP contribution in [-0.2, 0) is 0 Å². The largest absolute Gasteiger partial charge is 0.339 e. The van der Waals surface area contributed by atoms with Gasteiger partial charge in [-0.15, -0.1) is 0 Å². The van der Waals surface area contributed by atoms with Gasteiger partial charge in [0.2, 0.25) is 0 Å². The second-order valence-corrected chi connectivity index (χ2v) is 5.83. The first-order valence-electron chi connectivity index (χ1n) is 8.39. The van der Waals surface area contributed by atoms with Gasteiger partial charge in [0.15, 0.2) is 0 Å². The number of rotatable bonds is 7. The molecule has 2 N–H and O–H groups in total. The van der Waals surface area contributed by atoms with Gasteiger partial charge in [-0.2, -0.15) is 0 Å². The Morgan fingerprint density at radius 3 is 2.35 bits per heavy atom. The van der Waals surface area contributed by atoms with Crippen LogP contribution in [0.15, 0.2) is 24.3 Å². The van der Waals surface area contributed by atoms with Crippen molar-refractivity contribution >= 4 is 17.6 Å². The first-order valence-corrected chi connectivity index (χ1v) is 8.39. The highest BCUT2D eigenvalue weighted by atomic mass is 16.2. The number of nitrogens with one attached hydrogen (secondary N) is 2. The van der Waals surface area contributed by atoms with E-state index in [0.29, 0.717) is 30.3 Å². The minimum absolute atomic E-state index is 0.0213. The van der Waals surface area contributed by atoms with Gasteiger partial charge in [-0.25, -0.2) is 4.79 Å². The third-order valence-electron chi connectivity index (χ3n) is 4.27. The average molecular weight is 319 g/mol. The molecule has 0 saturated carbocycles. The van der Waals surface area contributed by atoms with Crippen LogP contribution in [0.25, 0.3) is 0 Å². The van der Waals surface area contributed by atoms with Crippen molar-refractivity contribution in [1.82, 2.24) is 10.2 Å².